The minimum Gasteiger partial charge on any atom is -0.493 e. The lowest BCUT2D eigenvalue weighted by atomic mass is 9.85. The lowest BCUT2D eigenvalue weighted by molar-refractivity contribution is 0.119. The van der Waals surface area contributed by atoms with E-state index >= 15 is 0 Å². The van der Waals surface area contributed by atoms with E-state index in [0.29, 0.717) is 12.2 Å². The Balaban J connectivity index is 1.43. The molecule has 1 heterocycles. The predicted molar refractivity (Wildman–Crippen MR) is 107 cm³/mol. The van der Waals surface area contributed by atoms with E-state index in [2.05, 4.69) is 34.7 Å². The van der Waals surface area contributed by atoms with E-state index in [0.717, 1.165) is 30.7 Å². The molecule has 0 spiro atoms. The molecule has 3 aromatic rings. The van der Waals surface area contributed by atoms with Crippen LogP contribution in [0.3, 0.4) is 0 Å². The number of ether oxygens (including phenoxy) is 2. The fourth-order valence-electron chi connectivity index (χ4n) is 4.02. The second kappa shape index (κ2) is 7.62. The number of aromatic nitrogens is 1. The smallest absolute Gasteiger partial charge is 0.161 e. The number of rotatable bonds is 6. The number of fused-ring (bicyclic) bond motifs is 2. The number of nitrogens with one attached hydrogen (secondary N) is 2. The van der Waals surface area contributed by atoms with E-state index in [1.807, 2.05) is 18.2 Å². The van der Waals surface area contributed by atoms with Gasteiger partial charge in [-0.05, 0) is 54.3 Å². The number of hydrogen-bond acceptors (Lipinski definition) is 4. The maximum absolute atomic E-state index is 10.6. The second-order valence-corrected chi connectivity index (χ2v) is 7.12. The molecule has 5 heteroatoms. The molecule has 5 nitrogen and oxygen atoms in total. The van der Waals surface area contributed by atoms with Gasteiger partial charge in [-0.3, -0.25) is 0 Å². The zero-order valence-electron chi connectivity index (χ0n) is 15.8. The average Bonchev–Trinajstić information content (AvgIpc) is 3.10. The van der Waals surface area contributed by atoms with Crippen LogP contribution in [0.15, 0.2) is 42.6 Å². The summed E-state index contributed by atoms with van der Waals surface area (Å²) in [7, 11) is 3.29. The second-order valence-electron chi connectivity index (χ2n) is 7.12. The summed E-state index contributed by atoms with van der Waals surface area (Å²) in [4.78, 5) is 3.32. The summed E-state index contributed by atoms with van der Waals surface area (Å²) >= 11 is 0. The molecule has 0 bridgehead atoms. The van der Waals surface area contributed by atoms with Gasteiger partial charge in [0.15, 0.2) is 11.5 Å². The molecule has 3 N–H and O–H groups in total. The van der Waals surface area contributed by atoms with Crippen molar-refractivity contribution in [3.8, 4) is 11.5 Å². The summed E-state index contributed by atoms with van der Waals surface area (Å²) in [5.74, 6) is 1.46. The van der Waals surface area contributed by atoms with Gasteiger partial charge in [-0.1, -0.05) is 18.2 Å². The Morgan fingerprint density at radius 2 is 1.78 bits per heavy atom. The summed E-state index contributed by atoms with van der Waals surface area (Å²) in [6, 6.07) is 12.4. The highest BCUT2D eigenvalue weighted by molar-refractivity contribution is 5.83. The minimum absolute atomic E-state index is 0.0424. The van der Waals surface area contributed by atoms with E-state index in [1.54, 1.807) is 14.2 Å². The first-order valence-corrected chi connectivity index (χ1v) is 9.40. The standard InChI is InChI=1S/C22H26N2O3/c1-26-21-11-15-9-19(20(25)10-16(15)12-22(21)27-2)23-8-7-14-13-24-18-6-4-3-5-17(14)18/h3-6,11-13,19-20,23-25H,7-10H2,1-2H3/t19-,20-/m1/s1. The molecule has 0 aliphatic heterocycles. The Labute approximate surface area is 159 Å². The predicted octanol–water partition coefficient (Wildman–Crippen LogP) is 2.85. The van der Waals surface area contributed by atoms with Crippen molar-refractivity contribution >= 4 is 10.9 Å². The molecule has 27 heavy (non-hydrogen) atoms. The molecule has 0 amide bonds. The third kappa shape index (κ3) is 3.53. The van der Waals surface area contributed by atoms with Crippen LogP contribution >= 0.6 is 0 Å². The van der Waals surface area contributed by atoms with E-state index in [4.69, 9.17) is 9.47 Å². The van der Waals surface area contributed by atoms with Crippen LogP contribution in [0.1, 0.15) is 16.7 Å². The summed E-state index contributed by atoms with van der Waals surface area (Å²) in [5.41, 5.74) is 4.81. The first-order valence-electron chi connectivity index (χ1n) is 9.40. The molecule has 1 aliphatic rings. The van der Waals surface area contributed by atoms with Gasteiger partial charge in [0.25, 0.3) is 0 Å². The summed E-state index contributed by atoms with van der Waals surface area (Å²) in [5, 5.41) is 15.4. The lowest BCUT2D eigenvalue weighted by Gasteiger charge is -2.31. The van der Waals surface area contributed by atoms with Crippen molar-refractivity contribution in [3.05, 3.63) is 59.3 Å². The number of methoxy groups -OCH3 is 2. The Morgan fingerprint density at radius 1 is 1.07 bits per heavy atom. The van der Waals surface area contributed by atoms with Crippen LogP contribution < -0.4 is 14.8 Å². The average molecular weight is 366 g/mol. The molecule has 1 aliphatic carbocycles. The van der Waals surface area contributed by atoms with Gasteiger partial charge in [0.2, 0.25) is 0 Å². The van der Waals surface area contributed by atoms with Crippen molar-refractivity contribution in [2.45, 2.75) is 31.4 Å². The molecule has 1 aromatic heterocycles. The summed E-state index contributed by atoms with van der Waals surface area (Å²) in [6.45, 7) is 0.826. The Bertz CT molecular complexity index is 934. The molecule has 0 fully saturated rings. The van der Waals surface area contributed by atoms with Crippen LogP contribution in [0.4, 0.5) is 0 Å². The van der Waals surface area contributed by atoms with Crippen molar-refractivity contribution in [2.75, 3.05) is 20.8 Å². The fourth-order valence-corrected chi connectivity index (χ4v) is 4.02. The highest BCUT2D eigenvalue weighted by Gasteiger charge is 2.28. The van der Waals surface area contributed by atoms with Crippen LogP contribution in [-0.2, 0) is 19.3 Å². The SMILES string of the molecule is COc1cc2c(cc1OC)C[C@@H](NCCc1c[nH]c3ccccc13)[C@H](O)C2. The fraction of sp³-hybridized carbons (Fsp3) is 0.364. The maximum atomic E-state index is 10.6. The van der Waals surface area contributed by atoms with Gasteiger partial charge in [-0.25, -0.2) is 0 Å². The van der Waals surface area contributed by atoms with Crippen LogP contribution in [0, 0.1) is 0 Å². The molecule has 4 rings (SSSR count). The number of aliphatic hydroxyl groups excluding tert-OH is 1. The quantitative estimate of drug-likeness (QED) is 0.628. The van der Waals surface area contributed by atoms with Crippen LogP contribution in [0.5, 0.6) is 11.5 Å². The third-order valence-electron chi connectivity index (χ3n) is 5.51. The van der Waals surface area contributed by atoms with Gasteiger partial charge in [0.05, 0.1) is 20.3 Å². The number of hydrogen-bond donors (Lipinski definition) is 3. The number of benzene rings is 2. The molecule has 2 aromatic carbocycles. The Morgan fingerprint density at radius 3 is 2.52 bits per heavy atom. The van der Waals surface area contributed by atoms with Crippen LogP contribution in [0.25, 0.3) is 10.9 Å². The van der Waals surface area contributed by atoms with Gasteiger partial charge in [-0.2, -0.15) is 0 Å². The van der Waals surface area contributed by atoms with Gasteiger partial charge in [0.1, 0.15) is 0 Å². The number of H-pyrrole nitrogens is 1. The highest BCUT2D eigenvalue weighted by Crippen LogP contribution is 2.34. The number of para-hydroxylation sites is 1. The zero-order valence-corrected chi connectivity index (χ0v) is 15.8. The van der Waals surface area contributed by atoms with E-state index in [1.165, 1.54) is 22.0 Å². The largest absolute Gasteiger partial charge is 0.493 e. The number of aromatic amines is 1. The van der Waals surface area contributed by atoms with Gasteiger partial charge < -0.3 is 24.9 Å². The molecular weight excluding hydrogens is 340 g/mol. The zero-order chi connectivity index (χ0) is 18.8. The summed E-state index contributed by atoms with van der Waals surface area (Å²) < 4.78 is 10.8. The van der Waals surface area contributed by atoms with Crippen LogP contribution in [-0.4, -0.2) is 43.0 Å². The highest BCUT2D eigenvalue weighted by atomic mass is 16.5. The molecule has 0 saturated carbocycles. The van der Waals surface area contributed by atoms with E-state index in [-0.39, 0.29) is 6.04 Å². The first-order chi connectivity index (χ1) is 13.2. The molecule has 2 atom stereocenters. The molecule has 0 unspecified atom stereocenters. The van der Waals surface area contributed by atoms with Gasteiger partial charge in [0, 0.05) is 29.6 Å². The maximum Gasteiger partial charge on any atom is 0.161 e. The molecule has 142 valence electrons. The third-order valence-corrected chi connectivity index (χ3v) is 5.51. The topological polar surface area (TPSA) is 66.5 Å². The van der Waals surface area contributed by atoms with E-state index in [9.17, 15) is 5.11 Å². The van der Waals surface area contributed by atoms with Crippen LogP contribution in [0.2, 0.25) is 0 Å². The molecule has 0 saturated heterocycles. The van der Waals surface area contributed by atoms with E-state index < -0.39 is 6.10 Å². The Kier molecular flexibility index (Phi) is 5.05. The van der Waals surface area contributed by atoms with Crippen molar-refractivity contribution in [3.63, 3.8) is 0 Å². The van der Waals surface area contributed by atoms with Crippen molar-refractivity contribution in [2.24, 2.45) is 0 Å². The molecule has 0 radical (unpaired) electrons. The first kappa shape index (κ1) is 17.9. The summed E-state index contributed by atoms with van der Waals surface area (Å²) in [6.07, 6.45) is 4.01. The van der Waals surface area contributed by atoms with Crippen molar-refractivity contribution < 1.29 is 14.6 Å². The van der Waals surface area contributed by atoms with Crippen molar-refractivity contribution in [1.29, 1.82) is 0 Å². The van der Waals surface area contributed by atoms with Gasteiger partial charge >= 0.3 is 0 Å². The monoisotopic (exact) mass is 366 g/mol. The minimum atomic E-state index is -0.404. The Hall–Kier alpha value is -2.50. The van der Waals surface area contributed by atoms with Gasteiger partial charge in [-0.15, -0.1) is 0 Å². The normalized spacial score (nSPS) is 19.1. The molecular formula is C22H26N2O3. The lowest BCUT2D eigenvalue weighted by Crippen LogP contribution is -2.46. The van der Waals surface area contributed by atoms with Crippen molar-refractivity contribution in [1.82, 2.24) is 10.3 Å². The number of aliphatic hydroxyl groups is 1.